The van der Waals surface area contributed by atoms with Gasteiger partial charge in [-0.1, -0.05) is 32.0 Å². The third-order valence-corrected chi connectivity index (χ3v) is 3.61. The van der Waals surface area contributed by atoms with Gasteiger partial charge in [0.1, 0.15) is 5.69 Å². The molecule has 3 heteroatoms. The summed E-state index contributed by atoms with van der Waals surface area (Å²) in [5, 5.41) is 0.524. The lowest BCUT2D eigenvalue weighted by Crippen LogP contribution is -2.54. The molecule has 0 fully saturated rings. The molecule has 0 saturated carbocycles. The highest BCUT2D eigenvalue weighted by Crippen LogP contribution is 2.30. The summed E-state index contributed by atoms with van der Waals surface area (Å²) in [7, 11) is 2.07. The topological polar surface area (TPSA) is 26.0 Å². The number of para-hydroxylation sites is 1. The quantitative estimate of drug-likeness (QED) is 0.646. The Labute approximate surface area is 104 Å². The van der Waals surface area contributed by atoms with E-state index in [2.05, 4.69) is 46.0 Å². The summed E-state index contributed by atoms with van der Waals surface area (Å²) < 4.78 is 0.531. The number of benzene rings is 1. The van der Waals surface area contributed by atoms with Crippen LogP contribution in [-0.4, -0.2) is 18.7 Å². The summed E-state index contributed by atoms with van der Waals surface area (Å²) in [5.74, 6) is 0.481. The van der Waals surface area contributed by atoms with E-state index in [1.54, 1.807) is 0 Å². The number of rotatable bonds is 3. The molecular formula is C13H21N2S+. The highest BCUT2D eigenvalue weighted by Gasteiger charge is 2.30. The van der Waals surface area contributed by atoms with E-state index in [4.69, 9.17) is 18.0 Å². The van der Waals surface area contributed by atoms with Gasteiger partial charge in [0.15, 0.2) is 0 Å². The second kappa shape index (κ2) is 4.93. The first-order chi connectivity index (χ1) is 7.43. The molecule has 0 aliphatic heterocycles. The van der Waals surface area contributed by atoms with E-state index in [0.717, 1.165) is 6.54 Å². The van der Waals surface area contributed by atoms with Gasteiger partial charge >= 0.3 is 0 Å². The molecule has 0 heterocycles. The van der Waals surface area contributed by atoms with E-state index in [1.165, 1.54) is 11.3 Å². The van der Waals surface area contributed by atoms with Crippen LogP contribution in [0.1, 0.15) is 32.3 Å². The van der Waals surface area contributed by atoms with E-state index in [9.17, 15) is 0 Å². The average Bonchev–Trinajstić information content (AvgIpc) is 2.27. The van der Waals surface area contributed by atoms with Crippen LogP contribution in [0.4, 0.5) is 5.69 Å². The molecule has 0 spiro atoms. The van der Waals surface area contributed by atoms with Crippen molar-refractivity contribution in [1.82, 2.24) is 4.48 Å². The van der Waals surface area contributed by atoms with Gasteiger partial charge in [0.25, 0.3) is 5.11 Å². The molecule has 0 radical (unpaired) electrons. The summed E-state index contributed by atoms with van der Waals surface area (Å²) in [5.41, 5.74) is 8.42. The first kappa shape index (κ1) is 13.1. The molecule has 16 heavy (non-hydrogen) atoms. The van der Waals surface area contributed by atoms with E-state index in [1.807, 2.05) is 6.07 Å². The Bertz CT molecular complexity index is 387. The molecule has 2 N–H and O–H groups in total. The van der Waals surface area contributed by atoms with Crippen LogP contribution in [0.2, 0.25) is 0 Å². The van der Waals surface area contributed by atoms with Crippen molar-refractivity contribution < 1.29 is 0 Å². The van der Waals surface area contributed by atoms with Gasteiger partial charge in [0.05, 0.1) is 13.6 Å². The fourth-order valence-electron chi connectivity index (χ4n) is 1.87. The van der Waals surface area contributed by atoms with Crippen molar-refractivity contribution in [3.05, 3.63) is 29.8 Å². The molecule has 0 aliphatic carbocycles. The zero-order valence-corrected chi connectivity index (χ0v) is 11.3. The van der Waals surface area contributed by atoms with E-state index in [0.29, 0.717) is 15.5 Å². The second-order valence-corrected chi connectivity index (χ2v) is 4.98. The number of thiocarbonyl (C=S) groups is 1. The van der Waals surface area contributed by atoms with Crippen LogP contribution in [0.25, 0.3) is 0 Å². The molecule has 1 aromatic carbocycles. The minimum absolute atomic E-state index is 0.481. The van der Waals surface area contributed by atoms with Gasteiger partial charge in [-0.05, 0) is 18.9 Å². The number of hydrogen-bond donors (Lipinski definition) is 1. The Morgan fingerprint density at radius 1 is 1.38 bits per heavy atom. The zero-order chi connectivity index (χ0) is 12.3. The molecule has 1 atom stereocenters. The summed E-state index contributed by atoms with van der Waals surface area (Å²) in [6, 6.07) is 8.40. The first-order valence-corrected chi connectivity index (χ1v) is 6.09. The Kier molecular flexibility index (Phi) is 4.05. The maximum Gasteiger partial charge on any atom is 0.272 e. The Hall–Kier alpha value is -0.930. The van der Waals surface area contributed by atoms with Crippen LogP contribution in [-0.2, 0) is 0 Å². The lowest BCUT2D eigenvalue weighted by atomic mass is 9.99. The van der Waals surface area contributed by atoms with Crippen LogP contribution >= 0.6 is 12.2 Å². The predicted molar refractivity (Wildman–Crippen MR) is 75.6 cm³/mol. The number of nitrogens with two attached hydrogens (primary N) is 1. The normalized spacial score (nSPS) is 14.8. The largest absolute Gasteiger partial charge is 0.345 e. The lowest BCUT2D eigenvalue weighted by molar-refractivity contribution is 0.512. The number of nitrogens with zero attached hydrogens (tertiary/aromatic N) is 1. The molecule has 2 nitrogen and oxygen atoms in total. The molecule has 0 bridgehead atoms. The number of hydrogen-bond acceptors (Lipinski definition) is 1. The molecular weight excluding hydrogens is 216 g/mol. The van der Waals surface area contributed by atoms with Gasteiger partial charge in [-0.15, -0.1) is 0 Å². The van der Waals surface area contributed by atoms with E-state index >= 15 is 0 Å². The van der Waals surface area contributed by atoms with E-state index in [-0.39, 0.29) is 0 Å². The highest BCUT2D eigenvalue weighted by molar-refractivity contribution is 7.80. The van der Waals surface area contributed by atoms with Crippen molar-refractivity contribution in [2.75, 3.05) is 13.6 Å². The van der Waals surface area contributed by atoms with Crippen molar-refractivity contribution >= 4 is 23.0 Å². The van der Waals surface area contributed by atoms with Crippen LogP contribution in [0.3, 0.4) is 0 Å². The van der Waals surface area contributed by atoms with Crippen LogP contribution in [0.5, 0.6) is 0 Å². The Morgan fingerprint density at radius 3 is 2.38 bits per heavy atom. The van der Waals surface area contributed by atoms with Crippen molar-refractivity contribution in [3.8, 4) is 0 Å². The Balaban J connectivity index is 3.36. The maximum absolute atomic E-state index is 5.89. The molecule has 0 amide bonds. The minimum atomic E-state index is 0.481. The SMILES string of the molecule is CC[N+](C)(C(N)=S)c1ccccc1C(C)C. The van der Waals surface area contributed by atoms with Crippen molar-refractivity contribution in [3.63, 3.8) is 0 Å². The van der Waals surface area contributed by atoms with Crippen molar-refractivity contribution in [2.24, 2.45) is 5.73 Å². The van der Waals surface area contributed by atoms with E-state index < -0.39 is 0 Å². The minimum Gasteiger partial charge on any atom is -0.345 e. The first-order valence-electron chi connectivity index (χ1n) is 5.68. The van der Waals surface area contributed by atoms with Crippen LogP contribution in [0, 0.1) is 0 Å². The molecule has 0 saturated heterocycles. The molecule has 1 aromatic rings. The summed E-state index contributed by atoms with van der Waals surface area (Å²) in [6.07, 6.45) is 0. The second-order valence-electron chi connectivity index (χ2n) is 4.56. The highest BCUT2D eigenvalue weighted by atomic mass is 32.1. The van der Waals surface area contributed by atoms with Gasteiger partial charge in [0.2, 0.25) is 0 Å². The molecule has 1 unspecified atom stereocenters. The molecule has 88 valence electrons. The summed E-state index contributed by atoms with van der Waals surface area (Å²) in [4.78, 5) is 0. The van der Waals surface area contributed by atoms with Gasteiger partial charge in [-0.2, -0.15) is 0 Å². The van der Waals surface area contributed by atoms with Gasteiger partial charge < -0.3 is 5.73 Å². The Morgan fingerprint density at radius 2 is 1.94 bits per heavy atom. The van der Waals surface area contributed by atoms with Gasteiger partial charge in [0, 0.05) is 17.8 Å². The van der Waals surface area contributed by atoms with Crippen LogP contribution < -0.4 is 10.2 Å². The summed E-state index contributed by atoms with van der Waals surface area (Å²) in [6.45, 7) is 7.37. The lowest BCUT2D eigenvalue weighted by Gasteiger charge is -2.32. The zero-order valence-electron chi connectivity index (χ0n) is 10.5. The fraction of sp³-hybridized carbons (Fsp3) is 0.462. The average molecular weight is 237 g/mol. The fourth-order valence-corrected chi connectivity index (χ4v) is 2.10. The van der Waals surface area contributed by atoms with Gasteiger partial charge in [-0.25, -0.2) is 4.48 Å². The smallest absolute Gasteiger partial charge is 0.272 e. The van der Waals surface area contributed by atoms with Crippen LogP contribution in [0.15, 0.2) is 24.3 Å². The predicted octanol–water partition coefficient (Wildman–Crippen LogP) is 3.01. The third kappa shape index (κ3) is 2.25. The molecule has 1 rings (SSSR count). The molecule has 0 aromatic heterocycles. The third-order valence-electron chi connectivity index (χ3n) is 3.21. The van der Waals surface area contributed by atoms with Gasteiger partial charge in [-0.3, -0.25) is 0 Å². The maximum atomic E-state index is 5.89. The summed E-state index contributed by atoms with van der Waals surface area (Å²) >= 11 is 5.21. The van der Waals surface area contributed by atoms with Crippen molar-refractivity contribution in [2.45, 2.75) is 26.7 Å². The number of quaternary nitrogens is 1. The monoisotopic (exact) mass is 237 g/mol. The van der Waals surface area contributed by atoms with Crippen molar-refractivity contribution in [1.29, 1.82) is 0 Å². The standard InChI is InChI=1S/C13H20N2S/c1-5-15(4,13(14)16)12-9-7-6-8-11(12)10(2)3/h6-10H,5H2,1-4H3,(H-,14,16)/p+1. The molecule has 0 aliphatic rings.